The first kappa shape index (κ1) is 13.9. The lowest BCUT2D eigenvalue weighted by Crippen LogP contribution is -2.30. The average Bonchev–Trinajstić information content (AvgIpc) is 2.48. The third-order valence-corrected chi connectivity index (χ3v) is 3.49. The molecule has 1 aromatic rings. The van der Waals surface area contributed by atoms with Gasteiger partial charge in [-0.3, -0.25) is 4.79 Å². The van der Waals surface area contributed by atoms with Crippen LogP contribution < -0.4 is 16.0 Å². The summed E-state index contributed by atoms with van der Waals surface area (Å²) in [6, 6.07) is 6.27. The molecular formula is C15H23N3O. The molecule has 2 rings (SSSR count). The number of amides is 1. The Morgan fingerprint density at radius 3 is 2.74 bits per heavy atom. The summed E-state index contributed by atoms with van der Waals surface area (Å²) in [5.41, 5.74) is 9.02. The van der Waals surface area contributed by atoms with Gasteiger partial charge in [0, 0.05) is 26.1 Å². The molecule has 1 heterocycles. The molecule has 4 heteroatoms. The molecule has 0 unspecified atom stereocenters. The molecule has 0 fully saturated rings. The van der Waals surface area contributed by atoms with Crippen LogP contribution in [0.5, 0.6) is 0 Å². The molecule has 0 saturated heterocycles. The minimum atomic E-state index is 0.0734. The Balaban J connectivity index is 2.45. The number of hydrogen-bond acceptors (Lipinski definition) is 3. The van der Waals surface area contributed by atoms with E-state index in [0.29, 0.717) is 13.0 Å². The van der Waals surface area contributed by atoms with Crippen molar-refractivity contribution < 1.29 is 4.79 Å². The summed E-state index contributed by atoms with van der Waals surface area (Å²) in [6.07, 6.45) is 0.513. The van der Waals surface area contributed by atoms with Crippen LogP contribution in [0.15, 0.2) is 18.2 Å². The predicted octanol–water partition coefficient (Wildman–Crippen LogP) is 2.09. The van der Waals surface area contributed by atoms with E-state index in [1.165, 1.54) is 5.56 Å². The van der Waals surface area contributed by atoms with E-state index in [9.17, 15) is 4.79 Å². The predicted molar refractivity (Wildman–Crippen MR) is 79.7 cm³/mol. The van der Waals surface area contributed by atoms with Gasteiger partial charge in [0.05, 0.1) is 11.4 Å². The molecular weight excluding hydrogens is 238 g/mol. The maximum absolute atomic E-state index is 11.7. The fourth-order valence-electron chi connectivity index (χ4n) is 2.32. The average molecular weight is 261 g/mol. The lowest BCUT2D eigenvalue weighted by molar-refractivity contribution is -0.115. The summed E-state index contributed by atoms with van der Waals surface area (Å²) in [5, 5.41) is 2.97. The topological polar surface area (TPSA) is 58.4 Å². The van der Waals surface area contributed by atoms with Gasteiger partial charge in [-0.25, -0.2) is 0 Å². The molecule has 1 aromatic carbocycles. The Kier molecular flexibility index (Phi) is 3.80. The monoisotopic (exact) mass is 261 g/mol. The first-order chi connectivity index (χ1) is 8.91. The summed E-state index contributed by atoms with van der Waals surface area (Å²) < 4.78 is 0. The zero-order chi connectivity index (χ0) is 14.0. The molecule has 0 saturated carbocycles. The largest absolute Gasteiger partial charge is 0.368 e. The van der Waals surface area contributed by atoms with Crippen LogP contribution in [-0.4, -0.2) is 25.5 Å². The SMILES string of the molecule is CC(C)(C)c1ccc2c(c1)N(CCN)CCC(=O)N2. The van der Waals surface area contributed by atoms with Gasteiger partial charge in [-0.15, -0.1) is 0 Å². The van der Waals surface area contributed by atoms with E-state index in [1.807, 2.05) is 6.07 Å². The number of nitrogens with one attached hydrogen (secondary N) is 1. The van der Waals surface area contributed by atoms with Gasteiger partial charge in [0.25, 0.3) is 0 Å². The number of carbonyl (C=O) groups is 1. The highest BCUT2D eigenvalue weighted by Gasteiger charge is 2.21. The van der Waals surface area contributed by atoms with E-state index in [0.717, 1.165) is 24.5 Å². The molecule has 0 atom stereocenters. The first-order valence-electron chi connectivity index (χ1n) is 6.81. The van der Waals surface area contributed by atoms with Crippen molar-refractivity contribution in [3.05, 3.63) is 23.8 Å². The smallest absolute Gasteiger partial charge is 0.226 e. The lowest BCUT2D eigenvalue weighted by atomic mass is 9.86. The molecule has 0 bridgehead atoms. The first-order valence-corrected chi connectivity index (χ1v) is 6.81. The number of anilines is 2. The highest BCUT2D eigenvalue weighted by molar-refractivity contribution is 5.96. The molecule has 1 aliphatic rings. The van der Waals surface area contributed by atoms with Crippen molar-refractivity contribution >= 4 is 17.3 Å². The van der Waals surface area contributed by atoms with E-state index in [4.69, 9.17) is 5.73 Å². The van der Waals surface area contributed by atoms with Crippen molar-refractivity contribution in [1.29, 1.82) is 0 Å². The Morgan fingerprint density at radius 2 is 2.11 bits per heavy atom. The summed E-state index contributed by atoms with van der Waals surface area (Å²) in [4.78, 5) is 13.9. The van der Waals surface area contributed by atoms with Gasteiger partial charge in [-0.2, -0.15) is 0 Å². The van der Waals surface area contributed by atoms with Crippen molar-refractivity contribution in [2.75, 3.05) is 29.9 Å². The van der Waals surface area contributed by atoms with Crippen LogP contribution in [0.3, 0.4) is 0 Å². The summed E-state index contributed by atoms with van der Waals surface area (Å²) in [7, 11) is 0. The molecule has 0 radical (unpaired) electrons. The summed E-state index contributed by atoms with van der Waals surface area (Å²) in [6.45, 7) is 8.67. The van der Waals surface area contributed by atoms with Crippen LogP contribution in [0.1, 0.15) is 32.8 Å². The van der Waals surface area contributed by atoms with E-state index < -0.39 is 0 Å². The van der Waals surface area contributed by atoms with Gasteiger partial charge in [-0.1, -0.05) is 26.8 Å². The molecule has 4 nitrogen and oxygen atoms in total. The highest BCUT2D eigenvalue weighted by Crippen LogP contribution is 2.33. The van der Waals surface area contributed by atoms with Crippen molar-refractivity contribution in [2.45, 2.75) is 32.6 Å². The third kappa shape index (κ3) is 3.07. The highest BCUT2D eigenvalue weighted by atomic mass is 16.1. The minimum absolute atomic E-state index is 0.0734. The normalized spacial score (nSPS) is 15.8. The van der Waals surface area contributed by atoms with Gasteiger partial charge in [0.1, 0.15) is 0 Å². The van der Waals surface area contributed by atoms with Gasteiger partial charge >= 0.3 is 0 Å². The quantitative estimate of drug-likeness (QED) is 0.857. The molecule has 3 N–H and O–H groups in total. The Hall–Kier alpha value is -1.55. The second-order valence-corrected chi connectivity index (χ2v) is 6.06. The molecule has 1 aliphatic heterocycles. The van der Waals surface area contributed by atoms with E-state index in [-0.39, 0.29) is 11.3 Å². The molecule has 104 valence electrons. The van der Waals surface area contributed by atoms with E-state index >= 15 is 0 Å². The number of fused-ring (bicyclic) bond motifs is 1. The fourth-order valence-corrected chi connectivity index (χ4v) is 2.32. The van der Waals surface area contributed by atoms with Crippen LogP contribution in [0.25, 0.3) is 0 Å². The zero-order valence-electron chi connectivity index (χ0n) is 12.0. The van der Waals surface area contributed by atoms with Crippen LogP contribution in [0, 0.1) is 0 Å². The standard InChI is InChI=1S/C15H23N3O/c1-15(2,3)11-4-5-12-13(10-11)18(9-7-16)8-6-14(19)17-12/h4-5,10H,6-9,16H2,1-3H3,(H,17,19). The van der Waals surface area contributed by atoms with Crippen molar-refractivity contribution in [1.82, 2.24) is 0 Å². The maximum Gasteiger partial charge on any atom is 0.226 e. The van der Waals surface area contributed by atoms with Crippen molar-refractivity contribution in [3.8, 4) is 0 Å². The van der Waals surface area contributed by atoms with E-state index in [1.54, 1.807) is 0 Å². The number of benzene rings is 1. The van der Waals surface area contributed by atoms with Crippen molar-refractivity contribution in [3.63, 3.8) is 0 Å². The van der Waals surface area contributed by atoms with E-state index in [2.05, 4.69) is 43.1 Å². The number of nitrogens with zero attached hydrogens (tertiary/aromatic N) is 1. The zero-order valence-corrected chi connectivity index (χ0v) is 12.0. The van der Waals surface area contributed by atoms with Crippen LogP contribution in [0.2, 0.25) is 0 Å². The molecule has 0 spiro atoms. The summed E-state index contributed by atoms with van der Waals surface area (Å²) >= 11 is 0. The van der Waals surface area contributed by atoms with Crippen LogP contribution >= 0.6 is 0 Å². The molecule has 0 aromatic heterocycles. The Morgan fingerprint density at radius 1 is 1.37 bits per heavy atom. The second-order valence-electron chi connectivity index (χ2n) is 6.06. The van der Waals surface area contributed by atoms with Crippen LogP contribution in [-0.2, 0) is 10.2 Å². The minimum Gasteiger partial charge on any atom is -0.368 e. The second kappa shape index (κ2) is 5.21. The molecule has 0 aliphatic carbocycles. The maximum atomic E-state index is 11.7. The number of hydrogen-bond donors (Lipinski definition) is 2. The van der Waals surface area contributed by atoms with Gasteiger partial charge in [0.2, 0.25) is 5.91 Å². The Labute approximate surface area is 115 Å². The fraction of sp³-hybridized carbons (Fsp3) is 0.533. The molecule has 19 heavy (non-hydrogen) atoms. The van der Waals surface area contributed by atoms with Gasteiger partial charge in [0.15, 0.2) is 0 Å². The summed E-state index contributed by atoms with van der Waals surface area (Å²) in [5.74, 6) is 0.0734. The molecule has 1 amide bonds. The number of rotatable bonds is 2. The van der Waals surface area contributed by atoms with Crippen LogP contribution in [0.4, 0.5) is 11.4 Å². The van der Waals surface area contributed by atoms with Gasteiger partial charge < -0.3 is 16.0 Å². The Bertz CT molecular complexity index is 477. The lowest BCUT2D eigenvalue weighted by Gasteiger charge is -2.27. The number of nitrogens with two attached hydrogens (primary N) is 1. The van der Waals surface area contributed by atoms with Gasteiger partial charge in [-0.05, 0) is 23.1 Å². The number of carbonyl (C=O) groups excluding carboxylic acids is 1. The third-order valence-electron chi connectivity index (χ3n) is 3.49. The van der Waals surface area contributed by atoms with Crippen molar-refractivity contribution in [2.24, 2.45) is 5.73 Å².